The second kappa shape index (κ2) is 10.6. The Labute approximate surface area is 175 Å². The highest BCUT2D eigenvalue weighted by Crippen LogP contribution is 2.15. The Morgan fingerprint density at radius 2 is 1.83 bits per heavy atom. The molecule has 0 aliphatic carbocycles. The van der Waals surface area contributed by atoms with Crippen molar-refractivity contribution in [3.05, 3.63) is 88.2 Å². The second-order valence-electron chi connectivity index (χ2n) is 6.56. The first kappa shape index (κ1) is 20.8. The first-order valence-corrected chi connectivity index (χ1v) is 9.63. The summed E-state index contributed by atoms with van der Waals surface area (Å²) in [5.74, 6) is 0.703. The predicted molar refractivity (Wildman–Crippen MR) is 118 cm³/mol. The van der Waals surface area contributed by atoms with Gasteiger partial charge in [0.05, 0.1) is 11.5 Å². The standard InChI is InChI=1S/C21H25N7O2/c1-22-21(24-13-12-23-19-7-9-20(10-8-19)28(29)30)25-15-17-5-2-3-6-18(17)16-27-14-4-11-26-27/h2-11,14,23H,12-13,15-16H2,1H3,(H2,22,24,25). The van der Waals surface area contributed by atoms with E-state index in [0.29, 0.717) is 25.6 Å². The van der Waals surface area contributed by atoms with Gasteiger partial charge in [-0.2, -0.15) is 5.10 Å². The molecule has 156 valence electrons. The lowest BCUT2D eigenvalue weighted by atomic mass is 10.1. The van der Waals surface area contributed by atoms with E-state index in [1.165, 1.54) is 23.3 Å². The number of hydrogen-bond donors (Lipinski definition) is 3. The molecule has 0 fully saturated rings. The number of nitrogens with zero attached hydrogens (tertiary/aromatic N) is 4. The Balaban J connectivity index is 1.44. The summed E-state index contributed by atoms with van der Waals surface area (Å²) in [5, 5.41) is 24.8. The van der Waals surface area contributed by atoms with Crippen molar-refractivity contribution in [2.24, 2.45) is 4.99 Å². The van der Waals surface area contributed by atoms with Gasteiger partial charge in [-0.15, -0.1) is 0 Å². The number of aromatic nitrogens is 2. The lowest BCUT2D eigenvalue weighted by Crippen LogP contribution is -2.39. The van der Waals surface area contributed by atoms with Crippen LogP contribution in [0, 0.1) is 10.1 Å². The summed E-state index contributed by atoms with van der Waals surface area (Å²) in [5.41, 5.74) is 3.29. The summed E-state index contributed by atoms with van der Waals surface area (Å²) in [6, 6.07) is 16.5. The minimum absolute atomic E-state index is 0.0797. The van der Waals surface area contributed by atoms with Gasteiger partial charge in [0.25, 0.3) is 5.69 Å². The van der Waals surface area contributed by atoms with E-state index in [0.717, 1.165) is 12.2 Å². The van der Waals surface area contributed by atoms with Crippen molar-refractivity contribution in [1.82, 2.24) is 20.4 Å². The van der Waals surface area contributed by atoms with Crippen molar-refractivity contribution in [2.45, 2.75) is 13.1 Å². The van der Waals surface area contributed by atoms with Crippen molar-refractivity contribution < 1.29 is 4.92 Å². The summed E-state index contributed by atoms with van der Waals surface area (Å²) in [6.07, 6.45) is 3.72. The van der Waals surface area contributed by atoms with Crippen molar-refractivity contribution >= 4 is 17.3 Å². The molecule has 0 radical (unpaired) electrons. The zero-order chi connectivity index (χ0) is 21.2. The van der Waals surface area contributed by atoms with Gasteiger partial charge in [-0.05, 0) is 29.3 Å². The fraction of sp³-hybridized carbons (Fsp3) is 0.238. The lowest BCUT2D eigenvalue weighted by Gasteiger charge is -2.15. The lowest BCUT2D eigenvalue weighted by molar-refractivity contribution is -0.384. The van der Waals surface area contributed by atoms with Crippen LogP contribution >= 0.6 is 0 Å². The average molecular weight is 407 g/mol. The van der Waals surface area contributed by atoms with E-state index in [9.17, 15) is 10.1 Å². The van der Waals surface area contributed by atoms with Gasteiger partial charge in [0.1, 0.15) is 0 Å². The summed E-state index contributed by atoms with van der Waals surface area (Å²) in [6.45, 7) is 2.66. The molecule has 3 rings (SSSR count). The molecule has 0 saturated heterocycles. The third kappa shape index (κ3) is 6.06. The highest BCUT2D eigenvalue weighted by molar-refractivity contribution is 5.79. The fourth-order valence-electron chi connectivity index (χ4n) is 2.94. The third-order valence-corrected chi connectivity index (χ3v) is 4.50. The van der Waals surface area contributed by atoms with Crippen molar-refractivity contribution in [1.29, 1.82) is 0 Å². The normalized spacial score (nSPS) is 11.2. The molecular formula is C21H25N7O2. The van der Waals surface area contributed by atoms with Crippen LogP contribution in [-0.4, -0.2) is 40.8 Å². The predicted octanol–water partition coefficient (Wildman–Crippen LogP) is 2.62. The maximum absolute atomic E-state index is 10.7. The van der Waals surface area contributed by atoms with E-state index in [1.54, 1.807) is 25.4 Å². The van der Waals surface area contributed by atoms with Crippen molar-refractivity contribution in [3.8, 4) is 0 Å². The average Bonchev–Trinajstić information content (AvgIpc) is 3.27. The van der Waals surface area contributed by atoms with Gasteiger partial charge in [-0.3, -0.25) is 19.8 Å². The Bertz CT molecular complexity index is 969. The van der Waals surface area contributed by atoms with Gasteiger partial charge < -0.3 is 16.0 Å². The number of nitrogens with one attached hydrogen (secondary N) is 3. The van der Waals surface area contributed by atoms with Crippen LogP contribution in [0.1, 0.15) is 11.1 Å². The molecule has 0 atom stereocenters. The molecule has 1 aromatic heterocycles. The molecule has 0 saturated carbocycles. The number of hydrogen-bond acceptors (Lipinski definition) is 5. The van der Waals surface area contributed by atoms with Crippen LogP contribution in [0.3, 0.4) is 0 Å². The number of nitro benzene ring substituents is 1. The first-order chi connectivity index (χ1) is 14.7. The van der Waals surface area contributed by atoms with Gasteiger partial charge in [0.2, 0.25) is 0 Å². The van der Waals surface area contributed by atoms with Crippen molar-refractivity contribution in [3.63, 3.8) is 0 Å². The summed E-state index contributed by atoms with van der Waals surface area (Å²) in [4.78, 5) is 14.5. The van der Waals surface area contributed by atoms with Crippen LogP contribution in [0.25, 0.3) is 0 Å². The highest BCUT2D eigenvalue weighted by Gasteiger charge is 2.05. The molecule has 0 aliphatic heterocycles. The molecule has 0 spiro atoms. The van der Waals surface area contributed by atoms with Crippen LogP contribution in [0.2, 0.25) is 0 Å². The van der Waals surface area contributed by atoms with E-state index < -0.39 is 4.92 Å². The SMILES string of the molecule is CN=C(NCCNc1ccc([N+](=O)[O-])cc1)NCc1ccccc1Cn1cccn1. The number of non-ortho nitro benzene ring substituents is 1. The highest BCUT2D eigenvalue weighted by atomic mass is 16.6. The molecule has 0 aliphatic rings. The van der Waals surface area contributed by atoms with E-state index in [1.807, 2.05) is 29.1 Å². The number of anilines is 1. The number of nitro groups is 1. The summed E-state index contributed by atoms with van der Waals surface area (Å²) in [7, 11) is 1.73. The second-order valence-corrected chi connectivity index (χ2v) is 6.56. The number of rotatable bonds is 9. The zero-order valence-corrected chi connectivity index (χ0v) is 16.8. The third-order valence-electron chi connectivity index (χ3n) is 4.50. The minimum Gasteiger partial charge on any atom is -0.383 e. The first-order valence-electron chi connectivity index (χ1n) is 9.63. The topological polar surface area (TPSA) is 109 Å². The molecule has 9 nitrogen and oxygen atoms in total. The number of guanidine groups is 1. The largest absolute Gasteiger partial charge is 0.383 e. The molecular weight excluding hydrogens is 382 g/mol. The molecule has 2 aromatic carbocycles. The Morgan fingerprint density at radius 1 is 1.07 bits per heavy atom. The molecule has 0 unspecified atom stereocenters. The van der Waals surface area contributed by atoms with E-state index >= 15 is 0 Å². The molecule has 1 heterocycles. The Morgan fingerprint density at radius 3 is 2.50 bits per heavy atom. The van der Waals surface area contributed by atoms with Crippen LogP contribution < -0.4 is 16.0 Å². The van der Waals surface area contributed by atoms with Crippen LogP contribution in [-0.2, 0) is 13.1 Å². The summed E-state index contributed by atoms with van der Waals surface area (Å²) >= 11 is 0. The van der Waals surface area contributed by atoms with Crippen LogP contribution in [0.15, 0.2) is 72.0 Å². The maximum atomic E-state index is 10.7. The van der Waals surface area contributed by atoms with Gasteiger partial charge in [-0.25, -0.2) is 0 Å². The fourth-order valence-corrected chi connectivity index (χ4v) is 2.94. The number of benzene rings is 2. The molecule has 30 heavy (non-hydrogen) atoms. The molecule has 3 aromatic rings. The quantitative estimate of drug-likeness (QED) is 0.165. The van der Waals surface area contributed by atoms with E-state index in [-0.39, 0.29) is 5.69 Å². The van der Waals surface area contributed by atoms with Crippen LogP contribution in [0.4, 0.5) is 11.4 Å². The van der Waals surface area contributed by atoms with Crippen molar-refractivity contribution in [2.75, 3.05) is 25.5 Å². The number of aliphatic imine (C=N–C) groups is 1. The van der Waals surface area contributed by atoms with Gasteiger partial charge in [0.15, 0.2) is 5.96 Å². The Kier molecular flexibility index (Phi) is 7.37. The minimum atomic E-state index is -0.409. The summed E-state index contributed by atoms with van der Waals surface area (Å²) < 4.78 is 1.90. The molecule has 9 heteroatoms. The van der Waals surface area contributed by atoms with Gasteiger partial charge in [-0.1, -0.05) is 24.3 Å². The smallest absolute Gasteiger partial charge is 0.269 e. The molecule has 3 N–H and O–H groups in total. The maximum Gasteiger partial charge on any atom is 0.269 e. The van der Waals surface area contributed by atoms with E-state index in [4.69, 9.17) is 0 Å². The zero-order valence-electron chi connectivity index (χ0n) is 16.8. The van der Waals surface area contributed by atoms with Gasteiger partial charge in [0, 0.05) is 56.9 Å². The Hall–Kier alpha value is -3.88. The van der Waals surface area contributed by atoms with Gasteiger partial charge >= 0.3 is 0 Å². The monoisotopic (exact) mass is 407 g/mol. The molecule has 0 amide bonds. The van der Waals surface area contributed by atoms with Crippen LogP contribution in [0.5, 0.6) is 0 Å². The molecule has 0 bridgehead atoms. The van der Waals surface area contributed by atoms with E-state index in [2.05, 4.69) is 38.2 Å².